The van der Waals surface area contributed by atoms with Crippen LogP contribution in [0.4, 0.5) is 0 Å². The van der Waals surface area contributed by atoms with Crippen molar-refractivity contribution in [3.8, 4) is 0 Å². The minimum absolute atomic E-state index is 0.0848. The van der Waals surface area contributed by atoms with E-state index in [9.17, 15) is 38.4 Å². The molecule has 562 valence electrons. The number of carbonyl (C=O) groups excluding carboxylic acids is 7. The van der Waals surface area contributed by atoms with Gasteiger partial charge >= 0.3 is 47.8 Å². The highest BCUT2D eigenvalue weighted by Crippen LogP contribution is 2.28. The normalized spacial score (nSPS) is 22.8. The zero-order chi connectivity index (χ0) is 74.0. The number of esters is 7. The number of carboxylic acids is 1. The highest BCUT2D eigenvalue weighted by atomic mass is 16.7. The van der Waals surface area contributed by atoms with Crippen molar-refractivity contribution in [2.24, 2.45) is 0 Å². The first kappa shape index (κ1) is 83.4. The number of ether oxygens (including phenoxy) is 16. The van der Waals surface area contributed by atoms with Crippen molar-refractivity contribution in [2.45, 2.75) is 126 Å². The molecule has 6 saturated heterocycles. The molecule has 6 aliphatic rings. The second kappa shape index (κ2) is 47.6. The molecule has 0 amide bonds. The van der Waals surface area contributed by atoms with Gasteiger partial charge in [-0.1, -0.05) is 152 Å². The monoisotopic (exact) mass is 1450 g/mol. The lowest BCUT2D eigenvalue weighted by Crippen LogP contribution is -2.36. The molecule has 103 heavy (non-hydrogen) atoms. The third kappa shape index (κ3) is 33.2. The summed E-state index contributed by atoms with van der Waals surface area (Å²) in [5.74, 6) is -4.90. The van der Waals surface area contributed by atoms with Crippen LogP contribution in [0.15, 0.2) is 152 Å². The van der Waals surface area contributed by atoms with Gasteiger partial charge < -0.3 is 112 Å². The Labute approximate surface area is 593 Å². The lowest BCUT2D eigenvalue weighted by Gasteiger charge is -2.29. The maximum absolute atomic E-state index is 12.1. The maximum atomic E-state index is 12.1. The summed E-state index contributed by atoms with van der Waals surface area (Å²) in [6.45, 7) is 0.741. The highest BCUT2D eigenvalue weighted by molar-refractivity contribution is 5.92. The van der Waals surface area contributed by atoms with E-state index in [1.165, 1.54) is 0 Å². The van der Waals surface area contributed by atoms with E-state index in [0.29, 0.717) is 26.4 Å². The van der Waals surface area contributed by atoms with E-state index in [4.69, 9.17) is 97.3 Å². The number of aliphatic hydroxyl groups excluding tert-OH is 6. The molecule has 6 aliphatic heterocycles. The molecule has 0 aromatic heterocycles. The standard InChI is InChI=1S/C24H26O8.C14H16O6.C10H18O8.2C10H12O3.C4H4O3/c25-21(31-19-13-27-23(28-14-19)17-7-3-1-4-8-17)11-12-22(26)32-20-15-29-24(30-16-20)18-9-5-2-6-10-18;15-12(16)6-7-13(17)20-11-8-18-14(19-9-11)10-4-2-1-3-5-10;11-3-7(4-12)17-9(15)1-2-10(16)18-8(5-13)6-14;2*11-9-6-12-10(13-7-9)8-4-2-1-3-5-8;5-3-1-2-4(6)7-3/h1-10,19-20,23-24H,11-16H2;1-5,11,14H,6-9H2,(H,15,16);7-8,11-14H,1-6H2;2*1-5,9-11H,6-7H2;1-2H2. The number of carboxylic acid groups (broad SMARTS) is 1. The van der Waals surface area contributed by atoms with Gasteiger partial charge in [0.1, 0.15) is 42.7 Å². The number of carbonyl (C=O) groups is 8. The van der Waals surface area contributed by atoms with E-state index in [-0.39, 0.29) is 104 Å². The third-order valence-corrected chi connectivity index (χ3v) is 14.4. The van der Waals surface area contributed by atoms with Gasteiger partial charge in [0.2, 0.25) is 0 Å². The second-order valence-electron chi connectivity index (χ2n) is 22.9. The molecule has 0 spiro atoms. The summed E-state index contributed by atoms with van der Waals surface area (Å²) in [7, 11) is 0. The fourth-order valence-electron chi connectivity index (χ4n) is 9.20. The van der Waals surface area contributed by atoms with Gasteiger partial charge in [0.25, 0.3) is 0 Å². The second-order valence-corrected chi connectivity index (χ2v) is 22.9. The number of cyclic esters (lactones) is 2. The summed E-state index contributed by atoms with van der Waals surface area (Å²) in [6, 6.07) is 48.0. The molecule has 0 saturated carbocycles. The SMILES string of the molecule is O=C(CCC(=O)OC(CO)CO)OC(CO)CO.O=C(CCC(=O)OC1COC(c2ccccc2)OC1)OC1COC(c2ccccc2)OC1.O=C(O)CCC(=O)OC1COC(c2ccccc2)OC1.O=C1CCC(=O)O1.OC1COC(c2ccccc2)OC1.OC1COC(c2ccccc2)OC1. The quantitative estimate of drug-likeness (QED) is 0.0274. The minimum Gasteiger partial charge on any atom is -0.481 e. The van der Waals surface area contributed by atoms with E-state index in [1.807, 2.05) is 152 Å². The molecule has 31 nitrogen and oxygen atoms in total. The lowest BCUT2D eigenvalue weighted by atomic mass is 10.2. The van der Waals surface area contributed by atoms with Crippen LogP contribution in [-0.2, 0) is 114 Å². The summed E-state index contributed by atoms with van der Waals surface area (Å²) in [6.07, 6.45) is -7.09. The van der Waals surface area contributed by atoms with Gasteiger partial charge in [-0.05, 0) is 0 Å². The topological polar surface area (TPSA) is 426 Å². The predicted octanol–water partition coefficient (Wildman–Crippen LogP) is 4.19. The Hall–Kier alpha value is -8.58. The molecule has 0 unspecified atom stereocenters. The Balaban J connectivity index is 0.000000205. The van der Waals surface area contributed by atoms with Crippen LogP contribution in [0.25, 0.3) is 0 Å². The number of benzene rings is 5. The van der Waals surface area contributed by atoms with Crippen LogP contribution in [0, 0.1) is 0 Å². The van der Waals surface area contributed by atoms with Crippen molar-refractivity contribution in [3.05, 3.63) is 179 Å². The molecule has 0 aliphatic carbocycles. The predicted molar refractivity (Wildman–Crippen MR) is 351 cm³/mol. The van der Waals surface area contributed by atoms with Crippen LogP contribution in [-0.4, -0.2) is 219 Å². The van der Waals surface area contributed by atoms with Gasteiger partial charge in [-0.3, -0.25) is 38.4 Å². The van der Waals surface area contributed by atoms with Gasteiger partial charge in [0, 0.05) is 27.8 Å². The van der Waals surface area contributed by atoms with Crippen LogP contribution >= 0.6 is 0 Å². The average Bonchev–Trinajstić information content (AvgIpc) is 1.31. The van der Waals surface area contributed by atoms with E-state index >= 15 is 0 Å². The first-order valence-corrected chi connectivity index (χ1v) is 33.0. The average molecular weight is 1450 g/mol. The summed E-state index contributed by atoms with van der Waals surface area (Å²) in [5, 5.41) is 61.3. The lowest BCUT2D eigenvalue weighted by molar-refractivity contribution is -0.231. The largest absolute Gasteiger partial charge is 0.481 e. The van der Waals surface area contributed by atoms with E-state index in [0.717, 1.165) is 27.8 Å². The zero-order valence-corrected chi connectivity index (χ0v) is 56.3. The van der Waals surface area contributed by atoms with Crippen LogP contribution < -0.4 is 0 Å². The fraction of sp³-hybridized carbons (Fsp3) is 0.472. The summed E-state index contributed by atoms with van der Waals surface area (Å²) in [4.78, 5) is 88.2. The molecule has 31 heteroatoms. The molecule has 5 aromatic rings. The Morgan fingerprint density at radius 1 is 0.330 bits per heavy atom. The Morgan fingerprint density at radius 2 is 0.544 bits per heavy atom. The molecular formula is C72H88O31. The van der Waals surface area contributed by atoms with Crippen molar-refractivity contribution < 1.29 is 150 Å². The number of hydrogen-bond acceptors (Lipinski definition) is 30. The van der Waals surface area contributed by atoms with Crippen LogP contribution in [0.3, 0.4) is 0 Å². The van der Waals surface area contributed by atoms with Gasteiger partial charge in [0.05, 0.1) is 144 Å². The summed E-state index contributed by atoms with van der Waals surface area (Å²) in [5.41, 5.74) is 4.71. The van der Waals surface area contributed by atoms with Gasteiger partial charge in [-0.25, -0.2) is 0 Å². The van der Waals surface area contributed by atoms with Crippen molar-refractivity contribution in [1.82, 2.24) is 0 Å². The molecule has 5 aromatic carbocycles. The fourth-order valence-corrected chi connectivity index (χ4v) is 9.20. The van der Waals surface area contributed by atoms with Crippen molar-refractivity contribution >= 4 is 47.8 Å². The highest BCUT2D eigenvalue weighted by Gasteiger charge is 2.31. The first-order valence-electron chi connectivity index (χ1n) is 33.0. The first-order chi connectivity index (χ1) is 49.9. The van der Waals surface area contributed by atoms with Gasteiger partial charge in [0.15, 0.2) is 31.5 Å². The van der Waals surface area contributed by atoms with Crippen molar-refractivity contribution in [1.29, 1.82) is 0 Å². The van der Waals surface area contributed by atoms with E-state index < -0.39 is 136 Å². The maximum Gasteiger partial charge on any atom is 0.314 e. The smallest absolute Gasteiger partial charge is 0.314 e. The summed E-state index contributed by atoms with van der Waals surface area (Å²) >= 11 is 0. The molecule has 6 heterocycles. The molecule has 0 radical (unpaired) electrons. The van der Waals surface area contributed by atoms with E-state index in [1.54, 1.807) is 0 Å². The molecule has 0 bridgehead atoms. The molecule has 11 rings (SSSR count). The summed E-state index contributed by atoms with van der Waals surface area (Å²) < 4.78 is 83.7. The molecule has 7 N–H and O–H groups in total. The van der Waals surface area contributed by atoms with Crippen molar-refractivity contribution in [2.75, 3.05) is 92.5 Å². The molecule has 6 fully saturated rings. The van der Waals surface area contributed by atoms with Crippen LogP contribution in [0.5, 0.6) is 0 Å². The van der Waals surface area contributed by atoms with Crippen molar-refractivity contribution in [3.63, 3.8) is 0 Å². The van der Waals surface area contributed by atoms with Gasteiger partial charge in [-0.15, -0.1) is 0 Å². The number of hydrogen-bond donors (Lipinski definition) is 7. The third-order valence-electron chi connectivity index (χ3n) is 14.4. The van der Waals surface area contributed by atoms with Crippen LogP contribution in [0.1, 0.15) is 111 Å². The molecular weight excluding hydrogens is 1360 g/mol. The van der Waals surface area contributed by atoms with E-state index in [2.05, 4.69) is 14.2 Å². The van der Waals surface area contributed by atoms with Crippen LogP contribution in [0.2, 0.25) is 0 Å². The Bertz CT molecular complexity index is 3040. The molecule has 0 atom stereocenters. The number of aliphatic hydroxyl groups is 6. The minimum atomic E-state index is -1.03. The number of aliphatic carboxylic acids is 1. The Morgan fingerprint density at radius 3 is 0.748 bits per heavy atom. The zero-order valence-electron chi connectivity index (χ0n) is 56.3. The number of rotatable bonds is 23. The Kier molecular flexibility index (Phi) is 38.6. The van der Waals surface area contributed by atoms with Gasteiger partial charge in [-0.2, -0.15) is 0 Å².